The highest BCUT2D eigenvalue weighted by Gasteiger charge is 2.31. The molecule has 0 aliphatic heterocycles. The number of rotatable bonds is 1. The third kappa shape index (κ3) is 1.90. The Hall–Kier alpha value is -1.56. The van der Waals surface area contributed by atoms with Crippen molar-refractivity contribution in [3.8, 4) is 0 Å². The minimum absolute atomic E-state index is 0.631. The number of hydrogen-bond donors (Lipinski definition) is 0. The summed E-state index contributed by atoms with van der Waals surface area (Å²) in [6, 6.07) is 11.4. The van der Waals surface area contributed by atoms with E-state index in [0.717, 1.165) is 0 Å². The largest absolute Gasteiger partial charge is 0.0620 e. The fraction of sp³-hybridized carbons (Fsp3) is 0.400. The predicted molar refractivity (Wildman–Crippen MR) is 86.7 cm³/mol. The zero-order valence-electron chi connectivity index (χ0n) is 13.2. The maximum Gasteiger partial charge on any atom is -0.00523 e. The van der Waals surface area contributed by atoms with Crippen molar-refractivity contribution in [2.24, 2.45) is 0 Å². The maximum atomic E-state index is 2.44. The Morgan fingerprint density at radius 1 is 0.850 bits per heavy atom. The van der Waals surface area contributed by atoms with Crippen LogP contribution < -0.4 is 0 Å². The first-order valence-corrected chi connectivity index (χ1v) is 7.65. The molecule has 104 valence electrons. The molecular formula is C20H24. The van der Waals surface area contributed by atoms with E-state index < -0.39 is 0 Å². The topological polar surface area (TPSA) is 0 Å². The lowest BCUT2D eigenvalue weighted by Gasteiger charge is -2.22. The molecular weight excluding hydrogens is 240 g/mol. The Balaban J connectivity index is 2.09. The molecule has 3 rings (SSSR count). The van der Waals surface area contributed by atoms with Gasteiger partial charge in [-0.3, -0.25) is 0 Å². The molecule has 0 saturated heterocycles. The molecule has 0 heterocycles. The summed E-state index contributed by atoms with van der Waals surface area (Å²) in [5.41, 5.74) is 10.5. The average molecular weight is 264 g/mol. The zero-order valence-corrected chi connectivity index (χ0v) is 13.2. The highest BCUT2D eigenvalue weighted by atomic mass is 14.3. The van der Waals surface area contributed by atoms with E-state index in [4.69, 9.17) is 0 Å². The van der Waals surface area contributed by atoms with Crippen LogP contribution in [-0.4, -0.2) is 0 Å². The molecule has 0 radical (unpaired) electrons. The van der Waals surface area contributed by atoms with E-state index in [9.17, 15) is 0 Å². The molecule has 2 atom stereocenters. The fourth-order valence-corrected chi connectivity index (χ4v) is 3.80. The van der Waals surface area contributed by atoms with E-state index in [-0.39, 0.29) is 0 Å². The summed E-state index contributed by atoms with van der Waals surface area (Å²) < 4.78 is 0. The van der Waals surface area contributed by atoms with Crippen LogP contribution in [0.1, 0.15) is 57.7 Å². The van der Waals surface area contributed by atoms with Crippen molar-refractivity contribution >= 4 is 0 Å². The van der Waals surface area contributed by atoms with Gasteiger partial charge in [0.15, 0.2) is 0 Å². The zero-order chi connectivity index (χ0) is 14.4. The van der Waals surface area contributed by atoms with Crippen molar-refractivity contribution in [1.29, 1.82) is 0 Å². The molecule has 2 aromatic rings. The Bertz CT molecular complexity index is 664. The summed E-state index contributed by atoms with van der Waals surface area (Å²) in [4.78, 5) is 0. The standard InChI is InChI=1S/C20H24/c1-12-10-19(15(4)14(3)13(12)2)20-11-17-8-6-7-9-18(17)16(20)5/h6-10,16,20H,11H2,1-5H3/t16-,20?/m1/s1. The van der Waals surface area contributed by atoms with Crippen LogP contribution in [-0.2, 0) is 6.42 Å². The molecule has 1 aliphatic rings. The fourth-order valence-electron chi connectivity index (χ4n) is 3.80. The second-order valence-electron chi connectivity index (χ2n) is 6.46. The summed E-state index contributed by atoms with van der Waals surface area (Å²) in [6.07, 6.45) is 1.19. The van der Waals surface area contributed by atoms with Gasteiger partial charge < -0.3 is 0 Å². The normalized spacial score (nSPS) is 21.1. The Morgan fingerprint density at radius 2 is 1.55 bits per heavy atom. The van der Waals surface area contributed by atoms with Gasteiger partial charge in [-0.1, -0.05) is 37.3 Å². The molecule has 0 N–H and O–H groups in total. The first kappa shape index (κ1) is 13.4. The maximum absolute atomic E-state index is 2.44. The molecule has 20 heavy (non-hydrogen) atoms. The number of aryl methyl sites for hydroxylation is 1. The molecule has 1 unspecified atom stereocenters. The molecule has 0 bridgehead atoms. The van der Waals surface area contributed by atoms with E-state index in [0.29, 0.717) is 11.8 Å². The van der Waals surface area contributed by atoms with E-state index >= 15 is 0 Å². The first-order chi connectivity index (χ1) is 9.50. The van der Waals surface area contributed by atoms with Crippen LogP contribution in [0, 0.1) is 27.7 Å². The minimum Gasteiger partial charge on any atom is -0.0620 e. The third-order valence-electron chi connectivity index (χ3n) is 5.51. The van der Waals surface area contributed by atoms with Crippen molar-refractivity contribution < 1.29 is 0 Å². The first-order valence-electron chi connectivity index (χ1n) is 7.65. The van der Waals surface area contributed by atoms with E-state index in [1.54, 1.807) is 16.7 Å². The summed E-state index contributed by atoms with van der Waals surface area (Å²) in [5.74, 6) is 1.27. The summed E-state index contributed by atoms with van der Waals surface area (Å²) in [6.45, 7) is 11.5. The molecule has 0 amide bonds. The summed E-state index contributed by atoms with van der Waals surface area (Å²) in [5, 5.41) is 0. The monoisotopic (exact) mass is 264 g/mol. The molecule has 0 nitrogen and oxygen atoms in total. The van der Waals surface area contributed by atoms with E-state index in [2.05, 4.69) is 65.0 Å². The van der Waals surface area contributed by atoms with Crippen LogP contribution >= 0.6 is 0 Å². The molecule has 0 fully saturated rings. The molecule has 0 aromatic heterocycles. The Kier molecular flexibility index (Phi) is 3.20. The number of fused-ring (bicyclic) bond motifs is 1. The van der Waals surface area contributed by atoms with Crippen molar-refractivity contribution in [3.05, 3.63) is 69.3 Å². The van der Waals surface area contributed by atoms with E-state index in [1.807, 2.05) is 0 Å². The van der Waals surface area contributed by atoms with Crippen LogP contribution in [0.15, 0.2) is 30.3 Å². The molecule has 1 aliphatic carbocycles. The van der Waals surface area contributed by atoms with Gasteiger partial charge in [-0.15, -0.1) is 0 Å². The van der Waals surface area contributed by atoms with Crippen LogP contribution in [0.3, 0.4) is 0 Å². The smallest absolute Gasteiger partial charge is 0.00523 e. The van der Waals surface area contributed by atoms with Crippen LogP contribution in [0.2, 0.25) is 0 Å². The highest BCUT2D eigenvalue weighted by molar-refractivity contribution is 5.49. The molecule has 0 saturated carbocycles. The lowest BCUT2D eigenvalue weighted by Crippen LogP contribution is -2.07. The lowest BCUT2D eigenvalue weighted by molar-refractivity contribution is 0.621. The van der Waals surface area contributed by atoms with Gasteiger partial charge >= 0.3 is 0 Å². The Labute approximate surface area is 122 Å². The summed E-state index contributed by atoms with van der Waals surface area (Å²) in [7, 11) is 0. The summed E-state index contributed by atoms with van der Waals surface area (Å²) >= 11 is 0. The van der Waals surface area contributed by atoms with Gasteiger partial charge in [0.25, 0.3) is 0 Å². The average Bonchev–Trinajstić information content (AvgIpc) is 2.78. The van der Waals surface area contributed by atoms with Crippen molar-refractivity contribution in [3.63, 3.8) is 0 Å². The van der Waals surface area contributed by atoms with Crippen LogP contribution in [0.25, 0.3) is 0 Å². The van der Waals surface area contributed by atoms with Crippen molar-refractivity contribution in [2.75, 3.05) is 0 Å². The highest BCUT2D eigenvalue weighted by Crippen LogP contribution is 2.45. The van der Waals surface area contributed by atoms with E-state index in [1.165, 1.54) is 28.7 Å². The molecule has 2 aromatic carbocycles. The van der Waals surface area contributed by atoms with Gasteiger partial charge in [-0.05, 0) is 84.9 Å². The van der Waals surface area contributed by atoms with Gasteiger partial charge in [0.05, 0.1) is 0 Å². The predicted octanol–water partition coefficient (Wildman–Crippen LogP) is 5.36. The third-order valence-corrected chi connectivity index (χ3v) is 5.51. The van der Waals surface area contributed by atoms with Gasteiger partial charge in [0, 0.05) is 0 Å². The van der Waals surface area contributed by atoms with Gasteiger partial charge in [-0.25, -0.2) is 0 Å². The van der Waals surface area contributed by atoms with Crippen LogP contribution in [0.5, 0.6) is 0 Å². The van der Waals surface area contributed by atoms with Crippen molar-refractivity contribution in [2.45, 2.75) is 52.9 Å². The van der Waals surface area contributed by atoms with Crippen molar-refractivity contribution in [1.82, 2.24) is 0 Å². The van der Waals surface area contributed by atoms with Gasteiger partial charge in [-0.2, -0.15) is 0 Å². The second kappa shape index (κ2) is 4.77. The second-order valence-corrected chi connectivity index (χ2v) is 6.46. The number of benzene rings is 2. The van der Waals surface area contributed by atoms with Gasteiger partial charge in [0.1, 0.15) is 0 Å². The minimum atomic E-state index is 0.631. The number of hydrogen-bond acceptors (Lipinski definition) is 0. The van der Waals surface area contributed by atoms with Gasteiger partial charge in [0.2, 0.25) is 0 Å². The Morgan fingerprint density at radius 3 is 2.25 bits per heavy atom. The SMILES string of the molecule is Cc1cc(C2Cc3ccccc3[C@H]2C)c(C)c(C)c1C. The van der Waals surface area contributed by atoms with Crippen LogP contribution in [0.4, 0.5) is 0 Å². The molecule has 0 heteroatoms. The molecule has 0 spiro atoms. The lowest BCUT2D eigenvalue weighted by atomic mass is 9.82. The quantitative estimate of drug-likeness (QED) is 0.650.